The van der Waals surface area contributed by atoms with Crippen LogP contribution in [-0.4, -0.2) is 65.4 Å². The van der Waals surface area contributed by atoms with Gasteiger partial charge in [0.1, 0.15) is 5.69 Å². The van der Waals surface area contributed by atoms with E-state index in [2.05, 4.69) is 87.6 Å². The van der Waals surface area contributed by atoms with Crippen LogP contribution in [0.3, 0.4) is 0 Å². The normalized spacial score (nSPS) is 15.7. The van der Waals surface area contributed by atoms with E-state index in [1.165, 1.54) is 37.1 Å². The van der Waals surface area contributed by atoms with Gasteiger partial charge in [0.15, 0.2) is 0 Å². The second-order valence-electron chi connectivity index (χ2n) is 11.7. The molecule has 1 N–H and O–H groups in total. The maximum Gasteiger partial charge on any atom is 0.268 e. The summed E-state index contributed by atoms with van der Waals surface area (Å²) in [5.41, 5.74) is 5.28. The molecule has 0 unspecified atom stereocenters. The second-order valence-corrected chi connectivity index (χ2v) is 11.7. The maximum absolute atomic E-state index is 14.3. The highest BCUT2D eigenvalue weighted by Gasteiger charge is 2.30. The summed E-state index contributed by atoms with van der Waals surface area (Å²) in [5, 5.41) is 4.39. The van der Waals surface area contributed by atoms with Crippen LogP contribution < -0.4 is 5.32 Å². The number of likely N-dealkylation sites (tertiary alicyclic amines) is 2. The molecule has 6 nitrogen and oxygen atoms in total. The third kappa shape index (κ3) is 6.14. The van der Waals surface area contributed by atoms with E-state index in [1.807, 2.05) is 17.0 Å². The second kappa shape index (κ2) is 13.4. The molecule has 2 aliphatic heterocycles. The quantitative estimate of drug-likeness (QED) is 0.214. The highest BCUT2D eigenvalue weighted by Crippen LogP contribution is 2.40. The van der Waals surface area contributed by atoms with Gasteiger partial charge in [0.05, 0.1) is 0 Å². The molecule has 0 bridgehead atoms. The fourth-order valence-electron chi connectivity index (χ4n) is 6.87. The molecule has 2 saturated heterocycles. The van der Waals surface area contributed by atoms with Crippen LogP contribution in [0.4, 0.5) is 0 Å². The van der Waals surface area contributed by atoms with Crippen molar-refractivity contribution in [3.05, 3.63) is 107 Å². The zero-order valence-electron chi connectivity index (χ0n) is 24.5. The molecule has 6 heteroatoms. The Balaban J connectivity index is 1.38. The van der Waals surface area contributed by atoms with Crippen molar-refractivity contribution in [1.82, 2.24) is 19.7 Å². The lowest BCUT2D eigenvalue weighted by Crippen LogP contribution is -2.32. The number of para-hydroxylation sites is 1. The number of aryl methyl sites for hydroxylation is 1. The van der Waals surface area contributed by atoms with Crippen molar-refractivity contribution < 1.29 is 9.59 Å². The van der Waals surface area contributed by atoms with E-state index in [9.17, 15) is 9.59 Å². The first-order valence-corrected chi connectivity index (χ1v) is 15.7. The van der Waals surface area contributed by atoms with E-state index in [-0.39, 0.29) is 17.7 Å². The zero-order chi connectivity index (χ0) is 28.7. The van der Waals surface area contributed by atoms with Gasteiger partial charge in [-0.05, 0) is 68.9 Å². The predicted octanol–water partition coefficient (Wildman–Crippen LogP) is 6.05. The summed E-state index contributed by atoms with van der Waals surface area (Å²) < 4.78 is 2.28. The summed E-state index contributed by atoms with van der Waals surface area (Å²) in [4.78, 5) is 30.8. The Bertz CT molecular complexity index is 1450. The van der Waals surface area contributed by atoms with Gasteiger partial charge in [-0.3, -0.25) is 9.59 Å². The first-order chi connectivity index (χ1) is 20.7. The monoisotopic (exact) mass is 562 g/mol. The number of hydrogen-bond acceptors (Lipinski definition) is 3. The van der Waals surface area contributed by atoms with E-state index < -0.39 is 0 Å². The van der Waals surface area contributed by atoms with Gasteiger partial charge in [-0.25, -0.2) is 0 Å². The molecule has 218 valence electrons. The Labute approximate surface area is 249 Å². The summed E-state index contributed by atoms with van der Waals surface area (Å²) in [7, 11) is 0. The molecule has 0 saturated carbocycles. The maximum atomic E-state index is 14.3. The average molecular weight is 563 g/mol. The van der Waals surface area contributed by atoms with Gasteiger partial charge in [0.25, 0.3) is 5.91 Å². The van der Waals surface area contributed by atoms with Gasteiger partial charge < -0.3 is 19.7 Å². The molecule has 2 amide bonds. The summed E-state index contributed by atoms with van der Waals surface area (Å²) in [6.45, 7) is 6.26. The van der Waals surface area contributed by atoms with E-state index in [1.54, 1.807) is 0 Å². The molecule has 2 aliphatic rings. The molecule has 0 spiro atoms. The molecule has 42 heavy (non-hydrogen) atoms. The molecule has 4 aromatic rings. The molecule has 3 heterocycles. The Morgan fingerprint density at radius 2 is 1.40 bits per heavy atom. The van der Waals surface area contributed by atoms with Crippen LogP contribution >= 0.6 is 0 Å². The largest absolute Gasteiger partial charge is 0.351 e. The molecular formula is C36H42N4O2. The van der Waals surface area contributed by atoms with E-state index in [0.717, 1.165) is 61.1 Å². The number of hydrogen-bond donors (Lipinski definition) is 1. The first kappa shape index (κ1) is 28.2. The van der Waals surface area contributed by atoms with Crippen molar-refractivity contribution in [2.24, 2.45) is 0 Å². The predicted molar refractivity (Wildman–Crippen MR) is 169 cm³/mol. The number of amides is 2. The number of nitrogens with zero attached hydrogens (tertiary/aromatic N) is 3. The number of aromatic nitrogens is 1. The molecular weight excluding hydrogens is 520 g/mol. The van der Waals surface area contributed by atoms with Crippen molar-refractivity contribution in [1.29, 1.82) is 0 Å². The van der Waals surface area contributed by atoms with Crippen LogP contribution in [0.15, 0.2) is 84.9 Å². The van der Waals surface area contributed by atoms with Crippen molar-refractivity contribution in [2.45, 2.75) is 51.0 Å². The number of carbonyl (C=O) groups excluding carboxylic acids is 2. The summed E-state index contributed by atoms with van der Waals surface area (Å²) in [6, 6.07) is 29.6. The van der Waals surface area contributed by atoms with E-state index in [0.29, 0.717) is 19.5 Å². The lowest BCUT2D eigenvalue weighted by Gasteiger charge is -2.21. The SMILES string of the molecule is O=C(NCCCN1CCCC1=O)c1c(C(c2ccccc2)c2ccccc2)c2ccccc2n1CCCN1CCCC1. The van der Waals surface area contributed by atoms with Crippen LogP contribution in [0, 0.1) is 0 Å². The number of nitrogens with one attached hydrogen (secondary N) is 1. The minimum atomic E-state index is -0.0832. The van der Waals surface area contributed by atoms with Crippen LogP contribution in [0.2, 0.25) is 0 Å². The van der Waals surface area contributed by atoms with Crippen LogP contribution in [0.5, 0.6) is 0 Å². The van der Waals surface area contributed by atoms with Gasteiger partial charge in [-0.15, -0.1) is 0 Å². The summed E-state index contributed by atoms with van der Waals surface area (Å²) in [5.74, 6) is 0.113. The highest BCUT2D eigenvalue weighted by molar-refractivity contribution is 6.02. The third-order valence-corrected chi connectivity index (χ3v) is 8.90. The van der Waals surface area contributed by atoms with E-state index >= 15 is 0 Å². The Hall–Kier alpha value is -3.90. The molecule has 6 rings (SSSR count). The zero-order valence-corrected chi connectivity index (χ0v) is 24.5. The van der Waals surface area contributed by atoms with Crippen molar-refractivity contribution in [3.63, 3.8) is 0 Å². The Morgan fingerprint density at radius 3 is 2.07 bits per heavy atom. The highest BCUT2D eigenvalue weighted by atomic mass is 16.2. The van der Waals surface area contributed by atoms with Gasteiger partial charge in [0.2, 0.25) is 5.91 Å². The molecule has 1 aromatic heterocycles. The fraction of sp³-hybridized carbons (Fsp3) is 0.389. The van der Waals surface area contributed by atoms with Crippen LogP contribution in [0.1, 0.15) is 71.6 Å². The molecule has 2 fully saturated rings. The number of rotatable bonds is 12. The van der Waals surface area contributed by atoms with E-state index in [4.69, 9.17) is 0 Å². The molecule has 0 aliphatic carbocycles. The lowest BCUT2D eigenvalue weighted by atomic mass is 9.83. The van der Waals surface area contributed by atoms with Crippen molar-refractivity contribution in [3.8, 4) is 0 Å². The lowest BCUT2D eigenvalue weighted by molar-refractivity contribution is -0.127. The topological polar surface area (TPSA) is 57.6 Å². The smallest absolute Gasteiger partial charge is 0.268 e. The average Bonchev–Trinajstić information content (AvgIpc) is 3.77. The van der Waals surface area contributed by atoms with Gasteiger partial charge in [0, 0.05) is 55.0 Å². The number of carbonyl (C=O) groups is 2. The minimum absolute atomic E-state index is 0.0352. The molecule has 0 radical (unpaired) electrons. The van der Waals surface area contributed by atoms with Gasteiger partial charge in [-0.2, -0.15) is 0 Å². The number of fused-ring (bicyclic) bond motifs is 1. The third-order valence-electron chi connectivity index (χ3n) is 8.90. The Kier molecular flexibility index (Phi) is 9.00. The molecule has 0 atom stereocenters. The van der Waals surface area contributed by atoms with Crippen LogP contribution in [-0.2, 0) is 11.3 Å². The standard InChI is InChI=1S/C36H42N4O2/c41-32-20-11-25-39(32)26-12-21-37-36(42)35-34(33(28-14-3-1-4-15-28)29-16-5-2-6-17-29)30-18-7-8-19-31(30)40(35)27-13-24-38-22-9-10-23-38/h1-8,14-19,33H,9-13,20-27H2,(H,37,42). The van der Waals surface area contributed by atoms with Crippen molar-refractivity contribution >= 4 is 22.7 Å². The Morgan fingerprint density at radius 1 is 0.738 bits per heavy atom. The molecule has 3 aromatic carbocycles. The van der Waals surface area contributed by atoms with Crippen molar-refractivity contribution in [2.75, 3.05) is 39.3 Å². The summed E-state index contributed by atoms with van der Waals surface area (Å²) in [6.07, 6.45) is 5.89. The van der Waals surface area contributed by atoms with Gasteiger partial charge >= 0.3 is 0 Å². The first-order valence-electron chi connectivity index (χ1n) is 15.7. The fourth-order valence-corrected chi connectivity index (χ4v) is 6.87. The van der Waals surface area contributed by atoms with Gasteiger partial charge in [-0.1, -0.05) is 78.9 Å². The van der Waals surface area contributed by atoms with Crippen LogP contribution in [0.25, 0.3) is 10.9 Å². The number of benzene rings is 3. The summed E-state index contributed by atoms with van der Waals surface area (Å²) >= 11 is 0. The minimum Gasteiger partial charge on any atom is -0.351 e.